The fraction of sp³-hybridized carbons (Fsp3) is 0.389. The van der Waals surface area contributed by atoms with Gasteiger partial charge in [0.25, 0.3) is 0 Å². The zero-order chi connectivity index (χ0) is 16.7. The minimum atomic E-state index is 0.0281. The van der Waals surface area contributed by atoms with Gasteiger partial charge in [-0.2, -0.15) is 10.5 Å². The van der Waals surface area contributed by atoms with Gasteiger partial charge in [0.2, 0.25) is 0 Å². The smallest absolute Gasteiger partial charge is 0.155 e. The van der Waals surface area contributed by atoms with E-state index in [0.29, 0.717) is 5.70 Å². The summed E-state index contributed by atoms with van der Waals surface area (Å²) < 4.78 is 5.16. The maximum Gasteiger partial charge on any atom is 0.155 e. The maximum atomic E-state index is 9.27. The van der Waals surface area contributed by atoms with Crippen LogP contribution in [0.3, 0.4) is 0 Å². The van der Waals surface area contributed by atoms with E-state index in [2.05, 4.69) is 9.89 Å². The first-order chi connectivity index (χ1) is 11.2. The van der Waals surface area contributed by atoms with E-state index >= 15 is 0 Å². The van der Waals surface area contributed by atoms with E-state index in [0.717, 1.165) is 43.0 Å². The van der Waals surface area contributed by atoms with Crippen LogP contribution >= 0.6 is 0 Å². The average Bonchev–Trinajstić information content (AvgIpc) is 2.79. The monoisotopic (exact) mass is 308 g/mol. The topological polar surface area (TPSA) is 72.4 Å². The minimum Gasteiger partial charge on any atom is -0.497 e. The van der Waals surface area contributed by atoms with Gasteiger partial charge >= 0.3 is 0 Å². The molecule has 0 saturated carbocycles. The molecule has 0 amide bonds. The minimum absolute atomic E-state index is 0.0281. The lowest BCUT2D eigenvalue weighted by molar-refractivity contribution is 0.415. The number of aliphatic imine (C=N–C) groups is 1. The van der Waals surface area contributed by atoms with Crippen molar-refractivity contribution < 1.29 is 4.74 Å². The summed E-state index contributed by atoms with van der Waals surface area (Å²) in [4.78, 5) is 6.79. The van der Waals surface area contributed by atoms with Crippen LogP contribution in [-0.4, -0.2) is 31.4 Å². The molecule has 5 heteroatoms. The van der Waals surface area contributed by atoms with Gasteiger partial charge in [0.1, 0.15) is 29.4 Å². The molecule has 0 radical (unpaired) electrons. The molecule has 0 aromatic heterocycles. The van der Waals surface area contributed by atoms with Crippen molar-refractivity contribution in [3.05, 3.63) is 35.4 Å². The molecule has 0 aliphatic carbocycles. The average molecular weight is 308 g/mol. The molecule has 5 nitrogen and oxygen atoms in total. The van der Waals surface area contributed by atoms with Gasteiger partial charge in [-0.15, -0.1) is 0 Å². The molecule has 0 bridgehead atoms. The van der Waals surface area contributed by atoms with Gasteiger partial charge in [-0.3, -0.25) is 0 Å². The van der Waals surface area contributed by atoms with Crippen molar-refractivity contribution in [1.82, 2.24) is 4.90 Å². The molecule has 0 unspecified atom stereocenters. The summed E-state index contributed by atoms with van der Waals surface area (Å²) in [5.41, 5.74) is 1.20. The fourth-order valence-corrected chi connectivity index (χ4v) is 2.54. The zero-order valence-electron chi connectivity index (χ0n) is 13.5. The van der Waals surface area contributed by atoms with Crippen molar-refractivity contribution in [2.45, 2.75) is 25.7 Å². The van der Waals surface area contributed by atoms with Crippen molar-refractivity contribution in [2.75, 3.05) is 20.7 Å². The van der Waals surface area contributed by atoms with Crippen molar-refractivity contribution in [2.24, 2.45) is 4.99 Å². The van der Waals surface area contributed by atoms with Crippen LogP contribution in [0.4, 0.5) is 0 Å². The van der Waals surface area contributed by atoms with Crippen molar-refractivity contribution in [3.8, 4) is 17.9 Å². The highest BCUT2D eigenvalue weighted by Gasteiger charge is 2.15. The molecular formula is C18H20N4O. The highest BCUT2D eigenvalue weighted by molar-refractivity contribution is 5.90. The van der Waals surface area contributed by atoms with Crippen molar-refractivity contribution >= 4 is 11.5 Å². The van der Waals surface area contributed by atoms with Gasteiger partial charge in [-0.05, 0) is 37.1 Å². The summed E-state index contributed by atoms with van der Waals surface area (Å²) in [7, 11) is 3.61. The quantitative estimate of drug-likeness (QED) is 0.803. The number of allylic oxidation sites excluding steroid dienone is 1. The van der Waals surface area contributed by atoms with Crippen molar-refractivity contribution in [3.63, 3.8) is 0 Å². The summed E-state index contributed by atoms with van der Waals surface area (Å²) in [5, 5.41) is 18.5. The standard InChI is InChI=1S/C18H20N4O/c1-22-11-5-3-4-6-17(22)21-18(15(12-19)13-20)14-7-9-16(23-2)10-8-14/h7-10H,3-6,11H2,1-2H3. The van der Waals surface area contributed by atoms with Crippen LogP contribution in [-0.2, 0) is 0 Å². The second kappa shape index (κ2) is 8.00. The Morgan fingerprint density at radius 1 is 1.13 bits per heavy atom. The third kappa shape index (κ3) is 4.11. The summed E-state index contributed by atoms with van der Waals surface area (Å²) in [6, 6.07) is 11.2. The second-order valence-electron chi connectivity index (χ2n) is 5.44. The van der Waals surface area contributed by atoms with Crippen LogP contribution in [0.1, 0.15) is 31.2 Å². The van der Waals surface area contributed by atoms with Gasteiger partial charge in [-0.1, -0.05) is 6.42 Å². The first-order valence-electron chi connectivity index (χ1n) is 7.67. The number of nitrogens with zero attached hydrogens (tertiary/aromatic N) is 4. The summed E-state index contributed by atoms with van der Waals surface area (Å²) in [6.07, 6.45) is 4.25. The predicted molar refractivity (Wildman–Crippen MR) is 89.7 cm³/mol. The van der Waals surface area contributed by atoms with Crippen LogP contribution in [0.2, 0.25) is 0 Å². The fourth-order valence-electron chi connectivity index (χ4n) is 2.54. The number of likely N-dealkylation sites (tertiary alicyclic amines) is 1. The van der Waals surface area contributed by atoms with E-state index in [4.69, 9.17) is 4.74 Å². The molecule has 0 spiro atoms. The van der Waals surface area contributed by atoms with Gasteiger partial charge in [0, 0.05) is 25.6 Å². The molecule has 2 rings (SSSR count). The first-order valence-corrected chi connectivity index (χ1v) is 7.67. The first kappa shape index (κ1) is 16.6. The predicted octanol–water partition coefficient (Wildman–Crippen LogP) is 3.36. The summed E-state index contributed by atoms with van der Waals surface area (Å²) >= 11 is 0. The lowest BCUT2D eigenvalue weighted by atomic mass is 10.1. The van der Waals surface area contributed by atoms with Crippen LogP contribution in [0.15, 0.2) is 34.8 Å². The largest absolute Gasteiger partial charge is 0.497 e. The van der Waals surface area contributed by atoms with E-state index in [1.807, 2.05) is 31.3 Å². The molecule has 23 heavy (non-hydrogen) atoms. The third-order valence-corrected chi connectivity index (χ3v) is 3.90. The second-order valence-corrected chi connectivity index (χ2v) is 5.44. The van der Waals surface area contributed by atoms with Crippen LogP contribution in [0, 0.1) is 22.7 Å². The Morgan fingerprint density at radius 3 is 2.43 bits per heavy atom. The van der Waals surface area contributed by atoms with Crippen LogP contribution in [0.25, 0.3) is 5.70 Å². The van der Waals surface area contributed by atoms with Gasteiger partial charge in [0.05, 0.1) is 7.11 Å². The molecule has 0 N–H and O–H groups in total. The van der Waals surface area contributed by atoms with E-state index in [1.54, 1.807) is 19.2 Å². The van der Waals surface area contributed by atoms with Gasteiger partial charge < -0.3 is 9.64 Å². The van der Waals surface area contributed by atoms with Gasteiger partial charge in [0.15, 0.2) is 5.57 Å². The Hall–Kier alpha value is -2.79. The Labute approximate surface area is 137 Å². The third-order valence-electron chi connectivity index (χ3n) is 3.90. The highest BCUT2D eigenvalue weighted by Crippen LogP contribution is 2.24. The Bertz CT molecular complexity index is 673. The summed E-state index contributed by atoms with van der Waals surface area (Å²) in [5.74, 6) is 1.65. The van der Waals surface area contributed by atoms with Crippen molar-refractivity contribution in [1.29, 1.82) is 10.5 Å². The molecule has 118 valence electrons. The number of hydrogen-bond donors (Lipinski definition) is 0. The maximum absolute atomic E-state index is 9.27. The Balaban J connectivity index is 2.49. The molecule has 1 aromatic rings. The number of methoxy groups -OCH3 is 1. The number of benzene rings is 1. The number of amidine groups is 1. The number of rotatable bonds is 3. The Morgan fingerprint density at radius 2 is 1.83 bits per heavy atom. The molecule has 1 saturated heterocycles. The van der Waals surface area contributed by atoms with E-state index in [9.17, 15) is 10.5 Å². The molecule has 1 aromatic carbocycles. The van der Waals surface area contributed by atoms with E-state index in [-0.39, 0.29) is 5.57 Å². The molecular weight excluding hydrogens is 288 g/mol. The SMILES string of the molecule is COc1ccc(C(N=C2CCCCCN2C)=C(C#N)C#N)cc1. The molecule has 0 atom stereocenters. The summed E-state index contributed by atoms with van der Waals surface area (Å²) in [6.45, 7) is 0.948. The molecule has 1 aliphatic heterocycles. The molecule has 1 heterocycles. The Kier molecular flexibility index (Phi) is 5.77. The zero-order valence-corrected chi connectivity index (χ0v) is 13.5. The number of nitriles is 2. The van der Waals surface area contributed by atoms with E-state index < -0.39 is 0 Å². The normalized spacial score (nSPS) is 16.2. The van der Waals surface area contributed by atoms with Gasteiger partial charge in [-0.25, -0.2) is 4.99 Å². The van der Waals surface area contributed by atoms with E-state index in [1.165, 1.54) is 6.42 Å². The molecule has 1 aliphatic rings. The number of ether oxygens (including phenoxy) is 1. The van der Waals surface area contributed by atoms with Crippen LogP contribution < -0.4 is 4.74 Å². The lowest BCUT2D eigenvalue weighted by Gasteiger charge is -2.19. The number of hydrogen-bond acceptors (Lipinski definition) is 4. The highest BCUT2D eigenvalue weighted by atomic mass is 16.5. The lowest BCUT2D eigenvalue weighted by Crippen LogP contribution is -2.26. The van der Waals surface area contributed by atoms with Crippen LogP contribution in [0.5, 0.6) is 5.75 Å². The molecule has 1 fully saturated rings.